The predicted octanol–water partition coefficient (Wildman–Crippen LogP) is 4.07. The fourth-order valence-corrected chi connectivity index (χ4v) is 4.32. The first-order valence-electron chi connectivity index (χ1n) is 7.76. The van der Waals surface area contributed by atoms with Crippen molar-refractivity contribution in [1.82, 2.24) is 0 Å². The van der Waals surface area contributed by atoms with Crippen molar-refractivity contribution >= 4 is 5.97 Å². The lowest BCUT2D eigenvalue weighted by Gasteiger charge is -2.38. The van der Waals surface area contributed by atoms with E-state index in [2.05, 4.69) is 20.8 Å². The molecule has 2 aliphatic carbocycles. The van der Waals surface area contributed by atoms with Crippen LogP contribution in [0.2, 0.25) is 0 Å². The Bertz CT molecular complexity index is 590. The summed E-state index contributed by atoms with van der Waals surface area (Å²) in [5, 5.41) is 9.93. The third-order valence-corrected chi connectivity index (χ3v) is 6.34. The topological polar surface area (TPSA) is 46.5 Å². The van der Waals surface area contributed by atoms with Gasteiger partial charge in [-0.25, -0.2) is 4.79 Å². The number of rotatable bonds is 2. The highest BCUT2D eigenvalue weighted by molar-refractivity contribution is 5.92. The van der Waals surface area contributed by atoms with Crippen molar-refractivity contribution < 1.29 is 14.6 Å². The first-order chi connectivity index (χ1) is 9.75. The van der Waals surface area contributed by atoms with E-state index >= 15 is 0 Å². The quantitative estimate of drug-likeness (QED) is 0.834. The van der Waals surface area contributed by atoms with E-state index in [1.54, 1.807) is 12.1 Å². The Labute approximate surface area is 126 Å². The molecular formula is C18H24O3. The van der Waals surface area contributed by atoms with E-state index in [4.69, 9.17) is 4.74 Å². The summed E-state index contributed by atoms with van der Waals surface area (Å²) in [5.74, 6) is 0.238. The van der Waals surface area contributed by atoms with Crippen molar-refractivity contribution in [2.75, 3.05) is 0 Å². The smallest absolute Gasteiger partial charge is 0.342 e. The van der Waals surface area contributed by atoms with Crippen LogP contribution in [0, 0.1) is 23.7 Å². The summed E-state index contributed by atoms with van der Waals surface area (Å²) in [6.07, 6.45) is 3.25. The van der Waals surface area contributed by atoms with Gasteiger partial charge in [0.05, 0.1) is 0 Å². The number of phenolic OH excluding ortho intramolecular Hbond substituents is 1. The lowest BCUT2D eigenvalue weighted by atomic mass is 9.70. The van der Waals surface area contributed by atoms with Gasteiger partial charge in [0, 0.05) is 5.41 Å². The minimum absolute atomic E-state index is 0.00701. The minimum Gasteiger partial charge on any atom is -0.507 e. The van der Waals surface area contributed by atoms with Gasteiger partial charge in [0.15, 0.2) is 0 Å². The summed E-state index contributed by atoms with van der Waals surface area (Å²) in [6.45, 7) is 8.71. The molecule has 0 heterocycles. The number of fused-ring (bicyclic) bond motifs is 2. The molecule has 114 valence electrons. The predicted molar refractivity (Wildman–Crippen MR) is 81.3 cm³/mol. The molecule has 2 fully saturated rings. The number of carbonyl (C=O) groups is 1. The van der Waals surface area contributed by atoms with Gasteiger partial charge in [-0.15, -0.1) is 0 Å². The summed E-state index contributed by atoms with van der Waals surface area (Å²) >= 11 is 0. The Morgan fingerprint density at radius 2 is 2.05 bits per heavy atom. The highest BCUT2D eigenvalue weighted by atomic mass is 16.5. The number of hydrogen-bond donors (Lipinski definition) is 1. The molecule has 0 aromatic heterocycles. The maximum absolute atomic E-state index is 12.4. The molecule has 3 atom stereocenters. The van der Waals surface area contributed by atoms with E-state index < -0.39 is 5.97 Å². The number of benzene rings is 1. The van der Waals surface area contributed by atoms with Crippen LogP contribution in [-0.4, -0.2) is 17.2 Å². The molecule has 3 nitrogen and oxygen atoms in total. The van der Waals surface area contributed by atoms with Gasteiger partial charge in [0.1, 0.15) is 17.4 Å². The molecule has 3 heteroatoms. The van der Waals surface area contributed by atoms with Gasteiger partial charge >= 0.3 is 5.97 Å². The molecule has 1 aromatic carbocycles. The third kappa shape index (κ3) is 1.97. The van der Waals surface area contributed by atoms with E-state index in [1.807, 2.05) is 13.0 Å². The van der Waals surface area contributed by atoms with Crippen molar-refractivity contribution in [3.63, 3.8) is 0 Å². The fourth-order valence-electron chi connectivity index (χ4n) is 4.32. The summed E-state index contributed by atoms with van der Waals surface area (Å²) in [4.78, 5) is 12.4. The Balaban J connectivity index is 1.80. The van der Waals surface area contributed by atoms with Crippen molar-refractivity contribution in [3.8, 4) is 5.75 Å². The van der Waals surface area contributed by atoms with Gasteiger partial charge in [0.25, 0.3) is 0 Å². The molecule has 3 rings (SSSR count). The van der Waals surface area contributed by atoms with Gasteiger partial charge in [0.2, 0.25) is 0 Å². The molecule has 21 heavy (non-hydrogen) atoms. The van der Waals surface area contributed by atoms with Gasteiger partial charge in [-0.05, 0) is 55.2 Å². The Hall–Kier alpha value is -1.51. The number of phenols is 1. The number of esters is 1. The minimum atomic E-state index is -0.401. The monoisotopic (exact) mass is 288 g/mol. The first-order valence-corrected chi connectivity index (χ1v) is 7.76. The molecule has 3 unspecified atom stereocenters. The van der Waals surface area contributed by atoms with Crippen LogP contribution in [0.15, 0.2) is 18.2 Å². The van der Waals surface area contributed by atoms with Gasteiger partial charge in [-0.3, -0.25) is 0 Å². The molecule has 2 bridgehead atoms. The Kier molecular flexibility index (Phi) is 3.09. The Morgan fingerprint density at radius 1 is 1.33 bits per heavy atom. The maximum atomic E-state index is 12.4. The second-order valence-corrected chi connectivity index (χ2v) is 7.53. The van der Waals surface area contributed by atoms with Crippen molar-refractivity contribution in [3.05, 3.63) is 29.3 Å². The standard InChI is InChI=1S/C18H24O3/c1-11-5-6-13(14(19)9-11)16(20)21-15-10-12-7-8-18(15,4)17(12,2)3/h5-6,9,12,15,19H,7-8,10H2,1-4H3. The zero-order valence-electron chi connectivity index (χ0n) is 13.3. The number of ether oxygens (including phenoxy) is 1. The number of aryl methyl sites for hydroxylation is 1. The van der Waals surface area contributed by atoms with E-state index in [1.165, 1.54) is 6.42 Å². The van der Waals surface area contributed by atoms with Crippen molar-refractivity contribution in [2.24, 2.45) is 16.7 Å². The SMILES string of the molecule is Cc1ccc(C(=O)OC2CC3CCC2(C)C3(C)C)c(O)c1. The van der Waals surface area contributed by atoms with Crippen molar-refractivity contribution in [2.45, 2.75) is 53.1 Å². The molecular weight excluding hydrogens is 264 g/mol. The molecule has 1 aromatic rings. The fraction of sp³-hybridized carbons (Fsp3) is 0.611. The summed E-state index contributed by atoms with van der Waals surface area (Å²) < 4.78 is 5.79. The molecule has 0 spiro atoms. The van der Waals surface area contributed by atoms with Crippen LogP contribution in [0.25, 0.3) is 0 Å². The Morgan fingerprint density at radius 3 is 2.57 bits per heavy atom. The zero-order valence-corrected chi connectivity index (χ0v) is 13.3. The molecule has 2 saturated carbocycles. The molecule has 0 radical (unpaired) electrons. The van der Waals surface area contributed by atoms with Crippen LogP contribution in [0.1, 0.15) is 56.0 Å². The van der Waals surface area contributed by atoms with Crippen molar-refractivity contribution in [1.29, 1.82) is 0 Å². The van der Waals surface area contributed by atoms with Crippen LogP contribution in [0.3, 0.4) is 0 Å². The van der Waals surface area contributed by atoms with Crippen LogP contribution in [0.4, 0.5) is 0 Å². The summed E-state index contributed by atoms with van der Waals surface area (Å²) in [5.41, 5.74) is 1.46. The largest absolute Gasteiger partial charge is 0.507 e. The number of hydrogen-bond acceptors (Lipinski definition) is 3. The van der Waals surface area contributed by atoms with Crippen LogP contribution < -0.4 is 0 Å². The molecule has 2 aliphatic rings. The van der Waals surface area contributed by atoms with E-state index in [0.29, 0.717) is 5.92 Å². The normalized spacial score (nSPS) is 33.1. The average molecular weight is 288 g/mol. The molecule has 0 saturated heterocycles. The third-order valence-electron chi connectivity index (χ3n) is 6.34. The van der Waals surface area contributed by atoms with Crippen LogP contribution in [0.5, 0.6) is 5.75 Å². The summed E-state index contributed by atoms with van der Waals surface area (Å²) in [7, 11) is 0. The highest BCUT2D eigenvalue weighted by Gasteiger charge is 2.62. The first kappa shape index (κ1) is 14.4. The lowest BCUT2D eigenvalue weighted by molar-refractivity contribution is -0.0244. The molecule has 1 N–H and O–H groups in total. The summed E-state index contributed by atoms with van der Waals surface area (Å²) in [6, 6.07) is 5.07. The number of aromatic hydroxyl groups is 1. The van der Waals surface area contributed by atoms with Crippen LogP contribution in [-0.2, 0) is 4.74 Å². The van der Waals surface area contributed by atoms with Gasteiger partial charge < -0.3 is 9.84 Å². The van der Waals surface area contributed by atoms with E-state index in [9.17, 15) is 9.90 Å². The molecule has 0 aliphatic heterocycles. The maximum Gasteiger partial charge on any atom is 0.342 e. The van der Waals surface area contributed by atoms with E-state index in [0.717, 1.165) is 18.4 Å². The zero-order chi connectivity index (χ0) is 15.4. The lowest BCUT2D eigenvalue weighted by Crippen LogP contribution is -2.38. The average Bonchev–Trinajstić information content (AvgIpc) is 2.71. The number of carbonyl (C=O) groups excluding carboxylic acids is 1. The second-order valence-electron chi connectivity index (χ2n) is 7.53. The van der Waals surface area contributed by atoms with E-state index in [-0.39, 0.29) is 28.2 Å². The van der Waals surface area contributed by atoms with Gasteiger partial charge in [-0.1, -0.05) is 26.8 Å². The van der Waals surface area contributed by atoms with Gasteiger partial charge in [-0.2, -0.15) is 0 Å². The van der Waals surface area contributed by atoms with Crippen LogP contribution >= 0.6 is 0 Å². The second kappa shape index (κ2) is 4.49. The highest BCUT2D eigenvalue weighted by Crippen LogP contribution is 2.66. The molecule has 0 amide bonds.